The largest absolute Gasteiger partial charge is 0.353 e. The van der Waals surface area contributed by atoms with E-state index < -0.39 is 7.29 Å². The first-order valence-corrected chi connectivity index (χ1v) is 13.9. The Bertz CT molecular complexity index is 1090. The van der Waals surface area contributed by atoms with E-state index in [9.17, 15) is 9.36 Å². The van der Waals surface area contributed by atoms with Crippen molar-refractivity contribution in [3.05, 3.63) is 96.8 Å². The molecule has 0 radical (unpaired) electrons. The van der Waals surface area contributed by atoms with Gasteiger partial charge in [-0.1, -0.05) is 42.5 Å². The molecule has 6 nitrogen and oxygen atoms in total. The molecule has 1 saturated heterocycles. The summed E-state index contributed by atoms with van der Waals surface area (Å²) in [6.45, 7) is 4.98. The number of unbranched alkanes of at least 4 members (excludes halogenated alkanes) is 1. The lowest BCUT2D eigenvalue weighted by atomic mass is 10.2. The molecule has 1 N–H and O–H groups in total. The molecule has 0 unspecified atom stereocenters. The molecule has 1 amide bonds. The van der Waals surface area contributed by atoms with Gasteiger partial charge in [0.2, 0.25) is 13.2 Å². The van der Waals surface area contributed by atoms with Crippen molar-refractivity contribution in [3.63, 3.8) is 0 Å². The predicted molar refractivity (Wildman–Crippen MR) is 143 cm³/mol. The third-order valence-electron chi connectivity index (χ3n) is 6.27. The van der Waals surface area contributed by atoms with Crippen LogP contribution in [-0.4, -0.2) is 59.7 Å². The van der Waals surface area contributed by atoms with Crippen LogP contribution in [0.3, 0.4) is 0 Å². The van der Waals surface area contributed by atoms with E-state index in [2.05, 4.69) is 19.9 Å². The molecule has 1 aromatic heterocycles. The molecule has 3 aromatic rings. The number of rotatable bonds is 10. The van der Waals surface area contributed by atoms with Crippen molar-refractivity contribution >= 4 is 29.9 Å². The number of nitrogens with one attached hydrogen (secondary N) is 1. The van der Waals surface area contributed by atoms with Crippen LogP contribution in [0.1, 0.15) is 18.4 Å². The van der Waals surface area contributed by atoms with Crippen LogP contribution in [-0.2, 0) is 9.36 Å². The number of hydrogen-bond acceptors (Lipinski definition) is 4. The SMILES string of the molecule is O=C(/C=C\c1cccnc1)NCCCCN1CCN(P(=O)(c2ccccc2)c2ccccc2)CC1. The topological polar surface area (TPSA) is 65.5 Å². The number of piperazine rings is 1. The van der Waals surface area contributed by atoms with Crippen molar-refractivity contribution in [3.8, 4) is 0 Å². The van der Waals surface area contributed by atoms with Gasteiger partial charge in [0.05, 0.1) is 0 Å². The Morgan fingerprint density at radius 1 is 0.886 bits per heavy atom. The fraction of sp³-hybridized carbons (Fsp3) is 0.286. The van der Waals surface area contributed by atoms with Crippen molar-refractivity contribution in [1.82, 2.24) is 19.9 Å². The first-order valence-electron chi connectivity index (χ1n) is 12.2. The zero-order valence-corrected chi connectivity index (χ0v) is 20.9. The quantitative estimate of drug-likeness (QED) is 0.269. The molecule has 0 atom stereocenters. The van der Waals surface area contributed by atoms with Crippen molar-refractivity contribution in [2.75, 3.05) is 39.3 Å². The summed E-state index contributed by atoms with van der Waals surface area (Å²) in [5.74, 6) is -0.0833. The summed E-state index contributed by atoms with van der Waals surface area (Å²) in [7, 11) is -2.85. The highest BCUT2D eigenvalue weighted by molar-refractivity contribution is 7.76. The van der Waals surface area contributed by atoms with Crippen LogP contribution in [0.5, 0.6) is 0 Å². The molecule has 35 heavy (non-hydrogen) atoms. The number of carbonyl (C=O) groups excluding carboxylic acids is 1. The van der Waals surface area contributed by atoms with Gasteiger partial charge < -0.3 is 10.2 Å². The molecule has 2 aromatic carbocycles. The highest BCUT2D eigenvalue weighted by Gasteiger charge is 2.36. The second-order valence-electron chi connectivity index (χ2n) is 8.66. The maximum absolute atomic E-state index is 14.4. The summed E-state index contributed by atoms with van der Waals surface area (Å²) >= 11 is 0. The Labute approximate surface area is 208 Å². The lowest BCUT2D eigenvalue weighted by Gasteiger charge is -2.39. The van der Waals surface area contributed by atoms with Crippen LogP contribution >= 0.6 is 7.29 Å². The van der Waals surface area contributed by atoms with Gasteiger partial charge in [-0.3, -0.25) is 14.3 Å². The predicted octanol–water partition coefficient (Wildman–Crippen LogP) is 3.54. The second-order valence-corrected chi connectivity index (χ2v) is 11.4. The maximum atomic E-state index is 14.4. The van der Waals surface area contributed by atoms with E-state index >= 15 is 0 Å². The molecular weight excluding hydrogens is 455 g/mol. The van der Waals surface area contributed by atoms with Crippen LogP contribution in [0.15, 0.2) is 91.3 Å². The number of carbonyl (C=O) groups is 1. The number of benzene rings is 2. The van der Waals surface area contributed by atoms with Crippen LogP contribution in [0.2, 0.25) is 0 Å². The monoisotopic (exact) mass is 488 g/mol. The summed E-state index contributed by atoms with van der Waals surface area (Å²) < 4.78 is 16.6. The molecule has 4 rings (SSSR count). The lowest BCUT2D eigenvalue weighted by molar-refractivity contribution is -0.116. The van der Waals surface area contributed by atoms with E-state index in [0.717, 1.165) is 61.7 Å². The van der Waals surface area contributed by atoms with Gasteiger partial charge in [0, 0.05) is 61.8 Å². The summed E-state index contributed by atoms with van der Waals surface area (Å²) in [5, 5.41) is 4.74. The van der Waals surface area contributed by atoms with Crippen molar-refractivity contribution < 1.29 is 9.36 Å². The Morgan fingerprint density at radius 2 is 1.54 bits per heavy atom. The molecule has 1 aliphatic heterocycles. The molecule has 7 heteroatoms. The van der Waals surface area contributed by atoms with E-state index in [1.807, 2.05) is 72.8 Å². The van der Waals surface area contributed by atoms with E-state index in [1.54, 1.807) is 24.5 Å². The Balaban J connectivity index is 1.22. The number of amides is 1. The van der Waals surface area contributed by atoms with Gasteiger partial charge in [0.1, 0.15) is 0 Å². The fourth-order valence-electron chi connectivity index (χ4n) is 4.36. The smallest absolute Gasteiger partial charge is 0.243 e. The number of nitrogens with zero attached hydrogens (tertiary/aromatic N) is 3. The molecule has 0 saturated carbocycles. The van der Waals surface area contributed by atoms with Crippen LogP contribution in [0.25, 0.3) is 6.08 Å². The summed E-state index contributed by atoms with van der Waals surface area (Å²) in [4.78, 5) is 18.5. The minimum atomic E-state index is -2.85. The zero-order chi connectivity index (χ0) is 24.3. The molecular formula is C28H33N4O2P. The molecule has 182 valence electrons. The summed E-state index contributed by atoms with van der Waals surface area (Å²) in [6.07, 6.45) is 8.70. The molecule has 0 aliphatic carbocycles. The number of pyridine rings is 1. The van der Waals surface area contributed by atoms with Gasteiger partial charge in [-0.25, -0.2) is 4.67 Å². The van der Waals surface area contributed by atoms with Crippen LogP contribution in [0, 0.1) is 0 Å². The minimum absolute atomic E-state index is 0.0833. The first-order chi connectivity index (χ1) is 17.2. The highest BCUT2D eigenvalue weighted by atomic mass is 31.2. The van der Waals surface area contributed by atoms with Gasteiger partial charge in [-0.05, 0) is 61.4 Å². The van der Waals surface area contributed by atoms with Gasteiger partial charge in [-0.15, -0.1) is 0 Å². The van der Waals surface area contributed by atoms with Crippen LogP contribution in [0.4, 0.5) is 0 Å². The first kappa shape index (κ1) is 25.1. The standard InChI is InChI=1S/C28H33N4O2P/c33-28(16-15-25-10-9-17-29-24-25)30-18-7-8-19-31-20-22-32(23-21-31)35(34,26-11-3-1-4-12-26)27-13-5-2-6-14-27/h1-6,9-17,24H,7-8,18-23H2,(H,30,33)/b16-15-. The fourth-order valence-corrected chi connectivity index (χ4v) is 7.20. The molecule has 0 spiro atoms. The Hall–Kier alpha value is -3.05. The van der Waals surface area contributed by atoms with Gasteiger partial charge in [-0.2, -0.15) is 0 Å². The average molecular weight is 489 g/mol. The molecule has 0 bridgehead atoms. The third kappa shape index (κ3) is 6.76. The van der Waals surface area contributed by atoms with Gasteiger partial charge in [0.25, 0.3) is 0 Å². The second kappa shape index (κ2) is 12.6. The zero-order valence-electron chi connectivity index (χ0n) is 20.0. The Kier molecular flexibility index (Phi) is 9.02. The van der Waals surface area contributed by atoms with Crippen molar-refractivity contribution in [1.29, 1.82) is 0 Å². The van der Waals surface area contributed by atoms with E-state index in [4.69, 9.17) is 0 Å². The minimum Gasteiger partial charge on any atom is -0.353 e. The highest BCUT2D eigenvalue weighted by Crippen LogP contribution is 2.47. The van der Waals surface area contributed by atoms with E-state index in [1.165, 1.54) is 0 Å². The molecule has 1 fully saturated rings. The maximum Gasteiger partial charge on any atom is 0.243 e. The van der Waals surface area contributed by atoms with E-state index in [-0.39, 0.29) is 5.91 Å². The summed E-state index contributed by atoms with van der Waals surface area (Å²) in [6, 6.07) is 23.5. The third-order valence-corrected chi connectivity index (χ3v) is 9.46. The normalized spacial score (nSPS) is 15.3. The van der Waals surface area contributed by atoms with Crippen molar-refractivity contribution in [2.45, 2.75) is 12.8 Å². The average Bonchev–Trinajstić information content (AvgIpc) is 2.93. The molecule has 1 aliphatic rings. The van der Waals surface area contributed by atoms with Gasteiger partial charge >= 0.3 is 0 Å². The molecule has 2 heterocycles. The van der Waals surface area contributed by atoms with E-state index in [0.29, 0.717) is 6.54 Å². The number of aromatic nitrogens is 1. The van der Waals surface area contributed by atoms with Gasteiger partial charge in [0.15, 0.2) is 0 Å². The Morgan fingerprint density at radius 3 is 2.14 bits per heavy atom. The van der Waals surface area contributed by atoms with Crippen LogP contribution < -0.4 is 15.9 Å². The summed E-state index contributed by atoms with van der Waals surface area (Å²) in [5.41, 5.74) is 0.908. The van der Waals surface area contributed by atoms with Crippen molar-refractivity contribution in [2.24, 2.45) is 0 Å². The number of hydrogen-bond donors (Lipinski definition) is 1. The lowest BCUT2D eigenvalue weighted by Crippen LogP contribution is -2.47.